The van der Waals surface area contributed by atoms with Crippen LogP contribution >= 0.6 is 7.82 Å². The molecule has 0 spiro atoms. The second kappa shape index (κ2) is 22.8. The molecule has 0 aliphatic heterocycles. The van der Waals surface area contributed by atoms with Gasteiger partial charge < -0.3 is 19.8 Å². The molecule has 0 bridgehead atoms. The van der Waals surface area contributed by atoms with Crippen LogP contribution in [-0.4, -0.2) is 73.4 Å². The largest absolute Gasteiger partial charge is 0.472 e. The number of carbonyl (C=O) groups excluding carboxylic acids is 1. The average Bonchev–Trinajstić information content (AvgIpc) is 2.84. The number of carbonyl (C=O) groups is 1. The molecule has 0 fully saturated rings. The van der Waals surface area contributed by atoms with E-state index in [1.54, 1.807) is 6.08 Å². The van der Waals surface area contributed by atoms with Crippen LogP contribution in [0.1, 0.15) is 104 Å². The average molecular weight is 562 g/mol. The van der Waals surface area contributed by atoms with Gasteiger partial charge in [-0.1, -0.05) is 89.5 Å². The number of hydrogen-bond acceptors (Lipinski definition) is 5. The molecule has 224 valence electrons. The van der Waals surface area contributed by atoms with Crippen LogP contribution in [0.2, 0.25) is 0 Å². The Kier molecular flexibility index (Phi) is 22.1. The van der Waals surface area contributed by atoms with Gasteiger partial charge in [-0.05, 0) is 32.1 Å². The highest BCUT2D eigenvalue weighted by molar-refractivity contribution is 7.47. The van der Waals surface area contributed by atoms with Gasteiger partial charge in [0, 0.05) is 6.42 Å². The number of rotatable bonds is 25. The Morgan fingerprint density at radius 1 is 0.868 bits per heavy atom. The maximum absolute atomic E-state index is 12.5. The number of unbranched alkanes of at least 4 members (excludes halogenated alkanes) is 10. The van der Waals surface area contributed by atoms with Crippen LogP contribution < -0.4 is 5.32 Å². The number of likely N-dealkylation sites (N-methyl/N-ethyl adjacent to an activating group) is 1. The predicted octanol–water partition coefficient (Wildman–Crippen LogP) is 6.29. The van der Waals surface area contributed by atoms with Crippen molar-refractivity contribution in [1.82, 2.24) is 5.32 Å². The lowest BCUT2D eigenvalue weighted by Gasteiger charge is -2.25. The van der Waals surface area contributed by atoms with Gasteiger partial charge in [-0.3, -0.25) is 13.8 Å². The Hall–Kier alpha value is -1.02. The van der Waals surface area contributed by atoms with Crippen LogP contribution in [0, 0.1) is 0 Å². The van der Waals surface area contributed by atoms with Crippen molar-refractivity contribution in [3.05, 3.63) is 24.3 Å². The van der Waals surface area contributed by atoms with Crippen LogP contribution in [0.25, 0.3) is 0 Å². The molecular weight excluding hydrogens is 503 g/mol. The Morgan fingerprint density at radius 3 is 2.11 bits per heavy atom. The van der Waals surface area contributed by atoms with E-state index in [1.807, 2.05) is 27.2 Å². The molecule has 8 nitrogen and oxygen atoms in total. The first kappa shape index (κ1) is 37.0. The van der Waals surface area contributed by atoms with E-state index in [2.05, 4.69) is 31.3 Å². The highest BCUT2D eigenvalue weighted by Crippen LogP contribution is 2.43. The van der Waals surface area contributed by atoms with E-state index in [1.165, 1.54) is 44.9 Å². The molecule has 0 aromatic carbocycles. The molecule has 0 aromatic heterocycles. The number of aliphatic hydroxyl groups is 1. The number of phosphoric ester groups is 1. The topological polar surface area (TPSA) is 105 Å². The molecule has 0 aliphatic carbocycles. The van der Waals surface area contributed by atoms with Crippen LogP contribution in [0.3, 0.4) is 0 Å². The van der Waals surface area contributed by atoms with Crippen molar-refractivity contribution >= 4 is 13.7 Å². The summed E-state index contributed by atoms with van der Waals surface area (Å²) in [6, 6.07) is -0.852. The normalized spacial score (nSPS) is 15.7. The van der Waals surface area contributed by atoms with Gasteiger partial charge in [0.15, 0.2) is 0 Å². The maximum Gasteiger partial charge on any atom is 0.472 e. The first-order chi connectivity index (χ1) is 18.0. The molecule has 0 aromatic rings. The number of aliphatic hydroxyl groups excluding tert-OH is 1. The summed E-state index contributed by atoms with van der Waals surface area (Å²) in [6.45, 7) is 4.64. The minimum atomic E-state index is -4.31. The number of amides is 1. The van der Waals surface area contributed by atoms with E-state index in [0.29, 0.717) is 17.4 Å². The number of nitrogens with one attached hydrogen (secondary N) is 1. The zero-order valence-electron chi connectivity index (χ0n) is 24.9. The molecule has 1 amide bonds. The fraction of sp³-hybridized carbons (Fsp3) is 0.828. The SMILES string of the molecule is CCCCC/C=C/CC/C=C/C(O)C(COP(=O)(O)OCC[N+](C)(C)C)NC(=O)CCCCCCCCC. The third-order valence-electron chi connectivity index (χ3n) is 6.17. The Labute approximate surface area is 233 Å². The summed E-state index contributed by atoms with van der Waals surface area (Å²) in [5.74, 6) is -0.201. The summed E-state index contributed by atoms with van der Waals surface area (Å²) in [6.07, 6.45) is 21.2. The molecule has 0 saturated carbocycles. The molecule has 0 radical (unpaired) electrons. The van der Waals surface area contributed by atoms with Gasteiger partial charge in [0.25, 0.3) is 0 Å². The molecular formula is C29H58N2O6P+. The van der Waals surface area contributed by atoms with Gasteiger partial charge in [0.05, 0.1) is 39.9 Å². The van der Waals surface area contributed by atoms with E-state index >= 15 is 0 Å². The Bertz CT molecular complexity index is 693. The lowest BCUT2D eigenvalue weighted by molar-refractivity contribution is -0.870. The van der Waals surface area contributed by atoms with E-state index in [4.69, 9.17) is 9.05 Å². The van der Waals surface area contributed by atoms with Crippen molar-refractivity contribution in [3.8, 4) is 0 Å². The van der Waals surface area contributed by atoms with Crippen LogP contribution in [0.15, 0.2) is 24.3 Å². The first-order valence-electron chi connectivity index (χ1n) is 14.7. The molecule has 0 rings (SSSR count). The molecule has 0 saturated heterocycles. The quantitative estimate of drug-likeness (QED) is 0.0524. The second-order valence-electron chi connectivity index (χ2n) is 11.1. The molecule has 3 unspecified atom stereocenters. The first-order valence-corrected chi connectivity index (χ1v) is 16.2. The predicted molar refractivity (Wildman–Crippen MR) is 157 cm³/mol. The van der Waals surface area contributed by atoms with Crippen LogP contribution in [0.5, 0.6) is 0 Å². The van der Waals surface area contributed by atoms with Crippen molar-refractivity contribution in [2.24, 2.45) is 0 Å². The summed E-state index contributed by atoms with van der Waals surface area (Å²) in [7, 11) is 1.54. The summed E-state index contributed by atoms with van der Waals surface area (Å²) < 4.78 is 23.2. The Balaban J connectivity index is 4.78. The number of phosphoric acid groups is 1. The summed E-state index contributed by atoms with van der Waals surface area (Å²) >= 11 is 0. The number of nitrogens with zero attached hydrogens (tertiary/aromatic N) is 1. The number of quaternary nitrogens is 1. The van der Waals surface area contributed by atoms with Gasteiger partial charge in [-0.2, -0.15) is 0 Å². The molecule has 0 aliphatic rings. The van der Waals surface area contributed by atoms with Crippen molar-refractivity contribution < 1.29 is 32.9 Å². The lowest BCUT2D eigenvalue weighted by Crippen LogP contribution is -2.45. The monoisotopic (exact) mass is 561 g/mol. The summed E-state index contributed by atoms with van der Waals surface area (Å²) in [4.78, 5) is 22.6. The highest BCUT2D eigenvalue weighted by atomic mass is 31.2. The molecule has 9 heteroatoms. The maximum atomic E-state index is 12.5. The molecule has 38 heavy (non-hydrogen) atoms. The molecule has 3 atom stereocenters. The van der Waals surface area contributed by atoms with E-state index in [9.17, 15) is 19.4 Å². The van der Waals surface area contributed by atoms with Crippen molar-refractivity contribution in [2.45, 2.75) is 116 Å². The third kappa shape index (κ3) is 24.1. The van der Waals surface area contributed by atoms with Gasteiger partial charge in [0.2, 0.25) is 5.91 Å². The minimum absolute atomic E-state index is 0.0565. The lowest BCUT2D eigenvalue weighted by atomic mass is 10.1. The second-order valence-corrected chi connectivity index (χ2v) is 12.6. The fourth-order valence-electron chi connectivity index (χ4n) is 3.70. The van der Waals surface area contributed by atoms with E-state index in [-0.39, 0.29) is 19.1 Å². The van der Waals surface area contributed by atoms with Crippen molar-refractivity contribution in [2.75, 3.05) is 40.9 Å². The van der Waals surface area contributed by atoms with Gasteiger partial charge >= 0.3 is 7.82 Å². The summed E-state index contributed by atoms with van der Waals surface area (Å²) in [5, 5.41) is 13.5. The van der Waals surface area contributed by atoms with Gasteiger partial charge in [-0.25, -0.2) is 4.57 Å². The molecule has 3 N–H and O–H groups in total. The van der Waals surface area contributed by atoms with Crippen LogP contribution in [0.4, 0.5) is 0 Å². The number of allylic oxidation sites excluding steroid dienone is 3. The van der Waals surface area contributed by atoms with E-state index < -0.39 is 20.0 Å². The van der Waals surface area contributed by atoms with Crippen molar-refractivity contribution in [3.63, 3.8) is 0 Å². The number of hydrogen-bond donors (Lipinski definition) is 3. The summed E-state index contributed by atoms with van der Waals surface area (Å²) in [5.41, 5.74) is 0. The highest BCUT2D eigenvalue weighted by Gasteiger charge is 2.27. The molecule has 0 heterocycles. The Morgan fingerprint density at radius 2 is 1.45 bits per heavy atom. The van der Waals surface area contributed by atoms with Crippen LogP contribution in [-0.2, 0) is 18.4 Å². The zero-order valence-corrected chi connectivity index (χ0v) is 25.8. The van der Waals surface area contributed by atoms with E-state index in [0.717, 1.165) is 38.5 Å². The van der Waals surface area contributed by atoms with Gasteiger partial charge in [0.1, 0.15) is 13.2 Å². The smallest absolute Gasteiger partial charge is 0.387 e. The minimum Gasteiger partial charge on any atom is -0.387 e. The third-order valence-corrected chi connectivity index (χ3v) is 7.16. The standard InChI is InChI=1S/C29H57N2O6P/c1-6-8-10-12-14-15-17-18-20-22-28(32)27(26-37-38(34,35)36-25-24-31(3,4)5)30-29(33)23-21-19-16-13-11-9-7-2/h14-15,20,22,27-28,32H,6-13,16-19,21,23-26H2,1-5H3,(H-,30,33,34,35)/p+1/b15-14+,22-20+. The van der Waals surface area contributed by atoms with Gasteiger partial charge in [-0.15, -0.1) is 0 Å². The van der Waals surface area contributed by atoms with Crippen molar-refractivity contribution in [1.29, 1.82) is 0 Å². The zero-order chi connectivity index (χ0) is 28.7. The fourth-order valence-corrected chi connectivity index (χ4v) is 4.44.